The van der Waals surface area contributed by atoms with Gasteiger partial charge in [0.15, 0.2) is 0 Å². The van der Waals surface area contributed by atoms with Crippen LogP contribution in [-0.4, -0.2) is 14.9 Å². The summed E-state index contributed by atoms with van der Waals surface area (Å²) in [6, 6.07) is 4.05. The van der Waals surface area contributed by atoms with Gasteiger partial charge >= 0.3 is 0 Å². The number of aromatic nitrogens is 2. The molecule has 2 rings (SSSR count). The van der Waals surface area contributed by atoms with Crippen LogP contribution in [0.25, 0.3) is 0 Å². The first-order valence-corrected chi connectivity index (χ1v) is 6.56. The molecular weight excluding hydrogens is 283 g/mol. The Bertz CT molecular complexity index is 626. The van der Waals surface area contributed by atoms with E-state index in [1.807, 2.05) is 6.92 Å². The molecule has 0 unspecified atom stereocenters. The zero-order chi connectivity index (χ0) is 14.9. The van der Waals surface area contributed by atoms with E-state index in [1.54, 1.807) is 18.7 Å². The molecule has 0 amide bonds. The Balaban J connectivity index is 2.23. The van der Waals surface area contributed by atoms with Crippen LogP contribution in [0, 0.1) is 12.7 Å². The van der Waals surface area contributed by atoms with E-state index in [0.717, 1.165) is 11.3 Å². The molecule has 0 saturated heterocycles. The van der Waals surface area contributed by atoms with Crippen molar-refractivity contribution in [1.82, 2.24) is 9.78 Å². The third-order valence-electron chi connectivity index (χ3n) is 3.06. The van der Waals surface area contributed by atoms with Crippen molar-refractivity contribution < 1.29 is 14.2 Å². The summed E-state index contributed by atoms with van der Waals surface area (Å²) in [6.45, 7) is 3.61. The van der Waals surface area contributed by atoms with Crippen molar-refractivity contribution in [1.29, 1.82) is 0 Å². The summed E-state index contributed by atoms with van der Waals surface area (Å²) < 4.78 is 20.4. The van der Waals surface area contributed by atoms with Gasteiger partial charge < -0.3 is 9.84 Å². The second-order valence-corrected chi connectivity index (χ2v) is 4.98. The maximum absolute atomic E-state index is 13.2. The fourth-order valence-electron chi connectivity index (χ4n) is 1.97. The van der Waals surface area contributed by atoms with Gasteiger partial charge in [0.05, 0.1) is 11.8 Å². The number of aryl methyl sites for hydroxylation is 2. The number of halogens is 2. The lowest BCUT2D eigenvalue weighted by Gasteiger charge is -2.13. The quantitative estimate of drug-likeness (QED) is 0.943. The van der Waals surface area contributed by atoms with E-state index in [4.69, 9.17) is 16.3 Å². The Morgan fingerprint density at radius 1 is 1.50 bits per heavy atom. The van der Waals surface area contributed by atoms with E-state index in [-0.39, 0.29) is 6.61 Å². The molecule has 20 heavy (non-hydrogen) atoms. The Hall–Kier alpha value is -1.59. The van der Waals surface area contributed by atoms with Gasteiger partial charge in [-0.2, -0.15) is 5.10 Å². The SMILES string of the molecule is Cc1nn(C)c(Cl)c1COc1ccc(F)cc1[C@@H](C)O. The molecule has 0 radical (unpaired) electrons. The lowest BCUT2D eigenvalue weighted by atomic mass is 10.1. The Morgan fingerprint density at radius 2 is 2.20 bits per heavy atom. The predicted molar refractivity (Wildman–Crippen MR) is 74.3 cm³/mol. The third kappa shape index (κ3) is 2.94. The summed E-state index contributed by atoms with van der Waals surface area (Å²) in [5.74, 6) is 0.0181. The molecular formula is C14H16ClFN2O2. The van der Waals surface area contributed by atoms with Crippen molar-refractivity contribution in [3.63, 3.8) is 0 Å². The minimum atomic E-state index is -0.814. The van der Waals surface area contributed by atoms with Gasteiger partial charge in [-0.1, -0.05) is 11.6 Å². The smallest absolute Gasteiger partial charge is 0.133 e. The minimum absolute atomic E-state index is 0.212. The third-order valence-corrected chi connectivity index (χ3v) is 3.54. The van der Waals surface area contributed by atoms with Gasteiger partial charge in [-0.3, -0.25) is 4.68 Å². The molecule has 1 atom stereocenters. The highest BCUT2D eigenvalue weighted by Gasteiger charge is 2.15. The van der Waals surface area contributed by atoms with Crippen LogP contribution < -0.4 is 4.74 Å². The fourth-order valence-corrected chi connectivity index (χ4v) is 2.19. The number of ether oxygens (including phenoxy) is 1. The molecule has 0 aliphatic carbocycles. The fraction of sp³-hybridized carbons (Fsp3) is 0.357. The second kappa shape index (κ2) is 5.81. The Kier molecular flexibility index (Phi) is 4.30. The number of hydrogen-bond acceptors (Lipinski definition) is 3. The summed E-state index contributed by atoms with van der Waals surface area (Å²) >= 11 is 6.12. The maximum atomic E-state index is 13.2. The molecule has 2 aromatic rings. The summed E-state index contributed by atoms with van der Waals surface area (Å²) in [7, 11) is 1.75. The molecule has 1 N–H and O–H groups in total. The van der Waals surface area contributed by atoms with Crippen molar-refractivity contribution in [3.8, 4) is 5.75 Å². The molecule has 0 aliphatic heterocycles. The summed E-state index contributed by atoms with van der Waals surface area (Å²) in [4.78, 5) is 0. The summed E-state index contributed by atoms with van der Waals surface area (Å²) in [6.07, 6.45) is -0.814. The molecule has 0 spiro atoms. The lowest BCUT2D eigenvalue weighted by molar-refractivity contribution is 0.189. The predicted octanol–water partition coefficient (Wildman–Crippen LogP) is 3.15. The summed E-state index contributed by atoms with van der Waals surface area (Å²) in [5, 5.41) is 14.3. The second-order valence-electron chi connectivity index (χ2n) is 4.63. The molecule has 1 heterocycles. The van der Waals surface area contributed by atoms with E-state index < -0.39 is 11.9 Å². The van der Waals surface area contributed by atoms with Gasteiger partial charge in [0.1, 0.15) is 23.3 Å². The van der Waals surface area contributed by atoms with E-state index in [9.17, 15) is 9.50 Å². The standard InChI is InChI=1S/C14H16ClFN2O2/c1-8-12(14(15)18(3)17-8)7-20-13-5-4-10(16)6-11(13)9(2)19/h4-6,9,19H,7H2,1-3H3/t9-/m1/s1. The molecule has 6 heteroatoms. The molecule has 1 aromatic carbocycles. The van der Waals surface area contributed by atoms with Crippen LogP contribution in [-0.2, 0) is 13.7 Å². The van der Waals surface area contributed by atoms with E-state index in [0.29, 0.717) is 16.5 Å². The first-order chi connectivity index (χ1) is 9.40. The highest BCUT2D eigenvalue weighted by Crippen LogP contribution is 2.28. The highest BCUT2D eigenvalue weighted by atomic mass is 35.5. The molecule has 0 bridgehead atoms. The van der Waals surface area contributed by atoms with Gasteiger partial charge in [-0.25, -0.2) is 4.39 Å². The number of aliphatic hydroxyl groups is 1. The van der Waals surface area contributed by atoms with Gasteiger partial charge in [0.25, 0.3) is 0 Å². The largest absolute Gasteiger partial charge is 0.488 e. The molecule has 108 valence electrons. The Morgan fingerprint density at radius 3 is 2.75 bits per heavy atom. The van der Waals surface area contributed by atoms with Gasteiger partial charge in [-0.05, 0) is 32.0 Å². The Labute approximate surface area is 121 Å². The molecule has 1 aromatic heterocycles. The van der Waals surface area contributed by atoms with E-state index in [1.165, 1.54) is 18.2 Å². The van der Waals surface area contributed by atoms with Crippen LogP contribution in [0.3, 0.4) is 0 Å². The topological polar surface area (TPSA) is 47.3 Å². The summed E-state index contributed by atoms with van der Waals surface area (Å²) in [5.41, 5.74) is 1.95. The number of aliphatic hydroxyl groups excluding tert-OH is 1. The average molecular weight is 299 g/mol. The van der Waals surface area contributed by atoms with Gasteiger partial charge in [0, 0.05) is 18.2 Å². The number of benzene rings is 1. The zero-order valence-corrected chi connectivity index (χ0v) is 12.3. The van der Waals surface area contributed by atoms with Crippen LogP contribution in [0.1, 0.15) is 29.8 Å². The molecule has 4 nitrogen and oxygen atoms in total. The van der Waals surface area contributed by atoms with Crippen LogP contribution in [0.15, 0.2) is 18.2 Å². The van der Waals surface area contributed by atoms with Crippen molar-refractivity contribution in [3.05, 3.63) is 46.0 Å². The molecule has 0 saturated carbocycles. The van der Waals surface area contributed by atoms with Crippen molar-refractivity contribution in [2.45, 2.75) is 26.6 Å². The van der Waals surface area contributed by atoms with Gasteiger partial charge in [-0.15, -0.1) is 0 Å². The number of rotatable bonds is 4. The van der Waals surface area contributed by atoms with Crippen molar-refractivity contribution in [2.24, 2.45) is 7.05 Å². The minimum Gasteiger partial charge on any atom is -0.488 e. The monoisotopic (exact) mass is 298 g/mol. The highest BCUT2D eigenvalue weighted by molar-refractivity contribution is 6.30. The van der Waals surface area contributed by atoms with Crippen molar-refractivity contribution in [2.75, 3.05) is 0 Å². The normalized spacial score (nSPS) is 12.5. The molecule has 0 fully saturated rings. The lowest BCUT2D eigenvalue weighted by Crippen LogP contribution is -2.02. The van der Waals surface area contributed by atoms with Crippen LogP contribution in [0.5, 0.6) is 5.75 Å². The van der Waals surface area contributed by atoms with Crippen molar-refractivity contribution >= 4 is 11.6 Å². The maximum Gasteiger partial charge on any atom is 0.133 e. The van der Waals surface area contributed by atoms with Crippen LogP contribution in [0.2, 0.25) is 5.15 Å². The van der Waals surface area contributed by atoms with Gasteiger partial charge in [0.2, 0.25) is 0 Å². The van der Waals surface area contributed by atoms with E-state index in [2.05, 4.69) is 5.10 Å². The van der Waals surface area contributed by atoms with Crippen LogP contribution >= 0.6 is 11.6 Å². The molecule has 0 aliphatic rings. The average Bonchev–Trinajstić information content (AvgIpc) is 2.62. The first kappa shape index (κ1) is 14.8. The van der Waals surface area contributed by atoms with E-state index >= 15 is 0 Å². The first-order valence-electron chi connectivity index (χ1n) is 6.18. The number of hydrogen-bond donors (Lipinski definition) is 1. The zero-order valence-electron chi connectivity index (χ0n) is 11.5. The number of nitrogens with zero attached hydrogens (tertiary/aromatic N) is 2. The van der Waals surface area contributed by atoms with Crippen LogP contribution in [0.4, 0.5) is 4.39 Å².